The molecule has 2 heterocycles. The van der Waals surface area contributed by atoms with Gasteiger partial charge in [-0.3, -0.25) is 4.79 Å². The molecule has 0 saturated carbocycles. The van der Waals surface area contributed by atoms with Gasteiger partial charge in [0.05, 0.1) is 17.4 Å². The van der Waals surface area contributed by atoms with Crippen LogP contribution in [0.2, 0.25) is 0 Å². The van der Waals surface area contributed by atoms with Crippen LogP contribution in [0.25, 0.3) is 22.3 Å². The first kappa shape index (κ1) is 14.5. The van der Waals surface area contributed by atoms with Crippen LogP contribution in [0.3, 0.4) is 0 Å². The van der Waals surface area contributed by atoms with Crippen molar-refractivity contribution < 1.29 is 0 Å². The fourth-order valence-corrected chi connectivity index (χ4v) is 3.25. The summed E-state index contributed by atoms with van der Waals surface area (Å²) in [5.74, 6) is 0. The van der Waals surface area contributed by atoms with Crippen LogP contribution < -0.4 is 5.56 Å². The average Bonchev–Trinajstić information content (AvgIpc) is 2.90. The number of aromatic amines is 1. The van der Waals surface area contributed by atoms with Crippen LogP contribution in [0.5, 0.6) is 0 Å². The quantitative estimate of drug-likeness (QED) is 0.626. The SMILES string of the molecule is Cc1c(-c2ccccc2)n(Cc2ccccc2)c2nc[nH]c(=O)c12. The minimum Gasteiger partial charge on any atom is -0.320 e. The van der Waals surface area contributed by atoms with E-state index in [1.54, 1.807) is 0 Å². The number of rotatable bonds is 3. The molecule has 0 amide bonds. The molecule has 4 rings (SSSR count). The van der Waals surface area contributed by atoms with Crippen molar-refractivity contribution in [2.24, 2.45) is 0 Å². The summed E-state index contributed by atoms with van der Waals surface area (Å²) in [6.45, 7) is 2.66. The number of nitrogens with zero attached hydrogens (tertiary/aromatic N) is 2. The van der Waals surface area contributed by atoms with E-state index >= 15 is 0 Å². The van der Waals surface area contributed by atoms with Gasteiger partial charge in [0.2, 0.25) is 0 Å². The number of nitrogens with one attached hydrogen (secondary N) is 1. The number of benzene rings is 2. The monoisotopic (exact) mass is 315 g/mol. The standard InChI is InChI=1S/C20H17N3O/c1-14-17-19(21-13-22-20(17)24)23(12-15-8-4-2-5-9-15)18(14)16-10-6-3-7-11-16/h2-11,13H,12H2,1H3,(H,21,22,24). The van der Waals surface area contributed by atoms with Gasteiger partial charge in [-0.25, -0.2) is 4.98 Å². The minimum absolute atomic E-state index is 0.0958. The highest BCUT2D eigenvalue weighted by atomic mass is 16.1. The van der Waals surface area contributed by atoms with E-state index in [1.807, 2.05) is 43.3 Å². The van der Waals surface area contributed by atoms with Gasteiger partial charge in [0.25, 0.3) is 5.56 Å². The third-order valence-electron chi connectivity index (χ3n) is 4.32. The van der Waals surface area contributed by atoms with Crippen molar-refractivity contribution in [3.8, 4) is 11.3 Å². The molecule has 2 aromatic carbocycles. The van der Waals surface area contributed by atoms with Gasteiger partial charge in [-0.2, -0.15) is 0 Å². The van der Waals surface area contributed by atoms with E-state index in [4.69, 9.17) is 0 Å². The first-order valence-electron chi connectivity index (χ1n) is 7.91. The van der Waals surface area contributed by atoms with Gasteiger partial charge in [-0.1, -0.05) is 60.7 Å². The number of aromatic nitrogens is 3. The number of hydrogen-bond acceptors (Lipinski definition) is 2. The van der Waals surface area contributed by atoms with Crippen LogP contribution in [-0.4, -0.2) is 14.5 Å². The zero-order valence-corrected chi connectivity index (χ0v) is 13.4. The predicted molar refractivity (Wildman–Crippen MR) is 96.1 cm³/mol. The van der Waals surface area contributed by atoms with E-state index < -0.39 is 0 Å². The molecule has 2 aromatic heterocycles. The maximum atomic E-state index is 12.3. The molecule has 0 saturated heterocycles. The zero-order chi connectivity index (χ0) is 16.5. The molecule has 0 fully saturated rings. The highest BCUT2D eigenvalue weighted by Gasteiger charge is 2.19. The molecule has 0 aliphatic heterocycles. The van der Waals surface area contributed by atoms with E-state index in [2.05, 4.69) is 38.8 Å². The summed E-state index contributed by atoms with van der Waals surface area (Å²) < 4.78 is 2.13. The van der Waals surface area contributed by atoms with Crippen LogP contribution in [-0.2, 0) is 6.54 Å². The summed E-state index contributed by atoms with van der Waals surface area (Å²) in [5.41, 5.74) is 4.89. The topological polar surface area (TPSA) is 50.7 Å². The second-order valence-corrected chi connectivity index (χ2v) is 5.84. The molecule has 0 aliphatic carbocycles. The highest BCUT2D eigenvalue weighted by molar-refractivity contribution is 5.88. The van der Waals surface area contributed by atoms with Crippen LogP contribution >= 0.6 is 0 Å². The van der Waals surface area contributed by atoms with Crippen molar-refractivity contribution in [2.75, 3.05) is 0 Å². The van der Waals surface area contributed by atoms with E-state index in [0.717, 1.165) is 22.5 Å². The fraction of sp³-hybridized carbons (Fsp3) is 0.100. The van der Waals surface area contributed by atoms with Gasteiger partial charge >= 0.3 is 0 Å². The molecule has 118 valence electrons. The Morgan fingerprint density at radius 1 is 1.00 bits per heavy atom. The van der Waals surface area contributed by atoms with E-state index in [0.29, 0.717) is 11.9 Å². The normalized spacial score (nSPS) is 11.0. The molecular formula is C20H17N3O. The minimum atomic E-state index is -0.0958. The zero-order valence-electron chi connectivity index (χ0n) is 13.4. The third kappa shape index (κ3) is 2.33. The lowest BCUT2D eigenvalue weighted by atomic mass is 10.1. The maximum absolute atomic E-state index is 12.3. The smallest absolute Gasteiger partial charge is 0.260 e. The molecule has 0 radical (unpaired) electrons. The third-order valence-corrected chi connectivity index (χ3v) is 4.32. The molecule has 4 heteroatoms. The van der Waals surface area contributed by atoms with Crippen LogP contribution in [0.4, 0.5) is 0 Å². The summed E-state index contributed by atoms with van der Waals surface area (Å²) >= 11 is 0. The molecule has 0 bridgehead atoms. The molecule has 4 nitrogen and oxygen atoms in total. The van der Waals surface area contributed by atoms with Gasteiger partial charge in [-0.15, -0.1) is 0 Å². The summed E-state index contributed by atoms with van der Waals surface area (Å²) in [5, 5.41) is 0.660. The fourth-order valence-electron chi connectivity index (χ4n) is 3.25. The molecule has 4 aromatic rings. The summed E-state index contributed by atoms with van der Waals surface area (Å²) in [6, 6.07) is 20.4. The lowest BCUT2D eigenvalue weighted by Crippen LogP contribution is -2.08. The van der Waals surface area contributed by atoms with Crippen LogP contribution in [0.1, 0.15) is 11.1 Å². The maximum Gasteiger partial charge on any atom is 0.260 e. The Morgan fingerprint density at radius 3 is 2.38 bits per heavy atom. The van der Waals surface area contributed by atoms with E-state index in [9.17, 15) is 4.79 Å². The Hall–Kier alpha value is -3.14. The molecule has 0 spiro atoms. The largest absolute Gasteiger partial charge is 0.320 e. The van der Waals surface area contributed by atoms with Crippen molar-refractivity contribution in [3.63, 3.8) is 0 Å². The predicted octanol–water partition coefficient (Wildman–Crippen LogP) is 3.75. The van der Waals surface area contributed by atoms with Gasteiger partial charge in [0.1, 0.15) is 5.65 Å². The second-order valence-electron chi connectivity index (χ2n) is 5.84. The van der Waals surface area contributed by atoms with Crippen molar-refractivity contribution in [1.29, 1.82) is 0 Å². The molecule has 1 N–H and O–H groups in total. The number of H-pyrrole nitrogens is 1. The van der Waals surface area contributed by atoms with Gasteiger partial charge in [0.15, 0.2) is 0 Å². The highest BCUT2D eigenvalue weighted by Crippen LogP contribution is 2.31. The first-order chi connectivity index (χ1) is 11.8. The molecule has 0 unspecified atom stereocenters. The lowest BCUT2D eigenvalue weighted by molar-refractivity contribution is 0.829. The first-order valence-corrected chi connectivity index (χ1v) is 7.91. The summed E-state index contributed by atoms with van der Waals surface area (Å²) in [7, 11) is 0. The van der Waals surface area contributed by atoms with E-state index in [1.165, 1.54) is 11.9 Å². The summed E-state index contributed by atoms with van der Waals surface area (Å²) in [6.07, 6.45) is 1.47. The van der Waals surface area contributed by atoms with Crippen molar-refractivity contribution >= 4 is 11.0 Å². The number of hydrogen-bond donors (Lipinski definition) is 1. The van der Waals surface area contributed by atoms with Crippen molar-refractivity contribution in [2.45, 2.75) is 13.5 Å². The molecule has 0 aliphatic rings. The van der Waals surface area contributed by atoms with Gasteiger partial charge in [-0.05, 0) is 23.6 Å². The average molecular weight is 315 g/mol. The van der Waals surface area contributed by atoms with Crippen LogP contribution in [0.15, 0.2) is 71.8 Å². The molecular weight excluding hydrogens is 298 g/mol. The van der Waals surface area contributed by atoms with Gasteiger partial charge in [0, 0.05) is 6.54 Å². The van der Waals surface area contributed by atoms with E-state index in [-0.39, 0.29) is 5.56 Å². The Labute approximate surface area is 139 Å². The number of fused-ring (bicyclic) bond motifs is 1. The van der Waals surface area contributed by atoms with Crippen molar-refractivity contribution in [1.82, 2.24) is 14.5 Å². The van der Waals surface area contributed by atoms with Crippen molar-refractivity contribution in [3.05, 3.63) is 88.5 Å². The Morgan fingerprint density at radius 2 is 1.67 bits per heavy atom. The van der Waals surface area contributed by atoms with Crippen LogP contribution in [0, 0.1) is 6.92 Å². The molecule has 24 heavy (non-hydrogen) atoms. The number of aryl methyl sites for hydroxylation is 1. The Balaban J connectivity index is 2.03. The molecule has 0 atom stereocenters. The Bertz CT molecular complexity index is 1050. The lowest BCUT2D eigenvalue weighted by Gasteiger charge is -2.11. The second kappa shape index (κ2) is 5.81. The van der Waals surface area contributed by atoms with Gasteiger partial charge < -0.3 is 9.55 Å². The Kier molecular flexibility index (Phi) is 3.50. The summed E-state index contributed by atoms with van der Waals surface area (Å²) in [4.78, 5) is 19.5.